The molecule has 0 saturated carbocycles. The summed E-state index contributed by atoms with van der Waals surface area (Å²) in [6.45, 7) is 5.77. The molecule has 40 heavy (non-hydrogen) atoms. The number of anilines is 2. The number of pyridine rings is 1. The van der Waals surface area contributed by atoms with Crippen LogP contribution in [0, 0.1) is 6.92 Å². The highest BCUT2D eigenvalue weighted by Gasteiger charge is 2.23. The zero-order valence-corrected chi connectivity index (χ0v) is 24.0. The molecule has 0 bridgehead atoms. The second-order valence-corrected chi connectivity index (χ2v) is 10.8. The molecule has 5 rings (SSSR count). The molecule has 9 nitrogen and oxygen atoms in total. The fourth-order valence-corrected chi connectivity index (χ4v) is 5.33. The Hall–Kier alpha value is -3.92. The van der Waals surface area contributed by atoms with Crippen molar-refractivity contribution in [1.82, 2.24) is 24.7 Å². The summed E-state index contributed by atoms with van der Waals surface area (Å²) >= 11 is 19.1. The summed E-state index contributed by atoms with van der Waals surface area (Å²) in [5.74, 6) is 0.823. The van der Waals surface area contributed by atoms with Crippen LogP contribution in [0.1, 0.15) is 42.4 Å². The molecule has 0 spiro atoms. The van der Waals surface area contributed by atoms with Crippen LogP contribution in [0.3, 0.4) is 0 Å². The maximum Gasteiger partial charge on any atom is 0.324 e. The lowest BCUT2D eigenvalue weighted by molar-refractivity contribution is 0.262. The molecule has 204 valence electrons. The normalized spacial score (nSPS) is 11.3. The third-order valence-corrected chi connectivity index (χ3v) is 6.97. The average Bonchev–Trinajstić information content (AvgIpc) is 3.26. The summed E-state index contributed by atoms with van der Waals surface area (Å²) in [6, 6.07) is 13.6. The summed E-state index contributed by atoms with van der Waals surface area (Å²) in [6.07, 6.45) is 1.93. The van der Waals surface area contributed by atoms with Crippen LogP contribution in [0.4, 0.5) is 16.3 Å². The van der Waals surface area contributed by atoms with Gasteiger partial charge in [0, 0.05) is 23.3 Å². The van der Waals surface area contributed by atoms with E-state index in [9.17, 15) is 9.59 Å². The number of halogens is 3. The van der Waals surface area contributed by atoms with E-state index in [-0.39, 0.29) is 21.5 Å². The van der Waals surface area contributed by atoms with Gasteiger partial charge in [0.1, 0.15) is 22.7 Å². The van der Waals surface area contributed by atoms with Crippen LogP contribution in [-0.2, 0) is 6.42 Å². The summed E-state index contributed by atoms with van der Waals surface area (Å²) in [5.41, 5.74) is 3.36. The Labute approximate surface area is 244 Å². The van der Waals surface area contributed by atoms with Crippen LogP contribution in [0.2, 0.25) is 15.1 Å². The van der Waals surface area contributed by atoms with Crippen LogP contribution < -0.4 is 16.2 Å². The largest absolute Gasteiger partial charge is 0.324 e. The number of rotatable bonds is 6. The molecule has 3 N–H and O–H groups in total. The van der Waals surface area contributed by atoms with E-state index in [1.54, 1.807) is 42.6 Å². The second-order valence-electron chi connectivity index (χ2n) is 9.50. The maximum atomic E-state index is 13.3. The highest BCUT2D eigenvalue weighted by molar-refractivity contribution is 6.40. The van der Waals surface area contributed by atoms with E-state index in [1.807, 2.05) is 32.9 Å². The van der Waals surface area contributed by atoms with Crippen molar-refractivity contribution in [1.29, 1.82) is 0 Å². The number of H-pyrrole nitrogens is 1. The lowest BCUT2D eigenvalue weighted by atomic mass is 10.1. The van der Waals surface area contributed by atoms with E-state index in [0.717, 1.165) is 11.1 Å². The number of aromatic nitrogens is 5. The van der Waals surface area contributed by atoms with Gasteiger partial charge < -0.3 is 10.3 Å². The number of hydrogen-bond donors (Lipinski definition) is 3. The molecule has 2 amide bonds. The number of amides is 2. The second kappa shape index (κ2) is 11.3. The Kier molecular flexibility index (Phi) is 7.80. The highest BCUT2D eigenvalue weighted by Crippen LogP contribution is 2.34. The minimum Gasteiger partial charge on any atom is -0.310 e. The standard InChI is InChI=1S/C28H24Cl3N7O2/c1-14(2)24-23-26(38(37-24)25-18(30)12-17(29)13-19(25)31)34-22(35-27(23)39)11-16-7-8-20(15(3)10-16)33-28(40)36-21-6-4-5-9-32-21/h4-10,12-14H,11H2,1-3H3,(H,34,35,39)(H2,32,33,36,40). The predicted octanol–water partition coefficient (Wildman–Crippen LogP) is 7.13. The maximum absolute atomic E-state index is 13.3. The van der Waals surface area contributed by atoms with E-state index >= 15 is 0 Å². The molecule has 0 aliphatic heterocycles. The molecule has 0 saturated heterocycles. The van der Waals surface area contributed by atoms with Crippen molar-refractivity contribution in [2.45, 2.75) is 33.1 Å². The number of carbonyl (C=O) groups is 1. The fraction of sp³-hybridized carbons (Fsp3) is 0.179. The van der Waals surface area contributed by atoms with Gasteiger partial charge in [-0.05, 0) is 54.3 Å². The summed E-state index contributed by atoms with van der Waals surface area (Å²) in [4.78, 5) is 37.4. The third-order valence-electron chi connectivity index (χ3n) is 6.17. The number of nitrogens with zero attached hydrogens (tertiary/aromatic N) is 4. The van der Waals surface area contributed by atoms with E-state index < -0.39 is 6.03 Å². The lowest BCUT2D eigenvalue weighted by Crippen LogP contribution is -2.20. The molecule has 0 atom stereocenters. The van der Waals surface area contributed by atoms with Crippen molar-refractivity contribution in [3.05, 3.63) is 103 Å². The van der Waals surface area contributed by atoms with Gasteiger partial charge in [0.25, 0.3) is 5.56 Å². The van der Waals surface area contributed by atoms with Crippen molar-refractivity contribution in [2.24, 2.45) is 0 Å². The van der Waals surface area contributed by atoms with Crippen molar-refractivity contribution in [3.8, 4) is 5.69 Å². The molecular formula is C28H24Cl3N7O2. The third kappa shape index (κ3) is 5.67. The van der Waals surface area contributed by atoms with E-state index in [1.165, 1.54) is 4.68 Å². The molecule has 0 radical (unpaired) electrons. The summed E-state index contributed by atoms with van der Waals surface area (Å²) in [5, 5.41) is 11.5. The minimum atomic E-state index is -0.403. The van der Waals surface area contributed by atoms with Gasteiger partial charge in [-0.1, -0.05) is 66.8 Å². The van der Waals surface area contributed by atoms with Gasteiger partial charge in [-0.25, -0.2) is 19.4 Å². The first kappa shape index (κ1) is 27.6. The highest BCUT2D eigenvalue weighted by atomic mass is 35.5. The van der Waals surface area contributed by atoms with Gasteiger partial charge >= 0.3 is 6.03 Å². The van der Waals surface area contributed by atoms with Crippen LogP contribution in [-0.4, -0.2) is 30.8 Å². The van der Waals surface area contributed by atoms with Gasteiger partial charge in [-0.2, -0.15) is 5.10 Å². The molecule has 0 fully saturated rings. The zero-order valence-electron chi connectivity index (χ0n) is 21.7. The number of aryl methyl sites for hydroxylation is 1. The Morgan fingerprint density at radius 2 is 1.80 bits per heavy atom. The minimum absolute atomic E-state index is 0.0556. The Morgan fingerprint density at radius 3 is 2.45 bits per heavy atom. The van der Waals surface area contributed by atoms with Crippen LogP contribution in [0.25, 0.3) is 16.7 Å². The van der Waals surface area contributed by atoms with E-state index in [4.69, 9.17) is 39.8 Å². The van der Waals surface area contributed by atoms with Gasteiger partial charge in [-0.3, -0.25) is 10.1 Å². The molecule has 2 aromatic carbocycles. The van der Waals surface area contributed by atoms with Crippen molar-refractivity contribution < 1.29 is 4.79 Å². The molecule has 3 heterocycles. The van der Waals surface area contributed by atoms with Gasteiger partial charge in [0.15, 0.2) is 5.65 Å². The number of fused-ring (bicyclic) bond motifs is 1. The SMILES string of the molecule is Cc1cc(Cc2nc3c(c(C(C)C)nn3-c3c(Cl)cc(Cl)cc3Cl)c(=O)[nH]2)ccc1NC(=O)Nc1ccccn1. The number of carbonyl (C=O) groups excluding carboxylic acids is 1. The van der Waals surface area contributed by atoms with Gasteiger partial charge in [-0.15, -0.1) is 0 Å². The monoisotopic (exact) mass is 595 g/mol. The molecule has 3 aromatic heterocycles. The van der Waals surface area contributed by atoms with Gasteiger partial charge in [0.05, 0.1) is 15.7 Å². The molecule has 5 aromatic rings. The van der Waals surface area contributed by atoms with E-state index in [0.29, 0.717) is 51.2 Å². The fourth-order valence-electron chi connectivity index (χ4n) is 4.35. The Morgan fingerprint density at radius 1 is 1.05 bits per heavy atom. The first-order valence-corrected chi connectivity index (χ1v) is 13.5. The number of hydrogen-bond acceptors (Lipinski definition) is 5. The first-order chi connectivity index (χ1) is 19.1. The lowest BCUT2D eigenvalue weighted by Gasteiger charge is -2.11. The summed E-state index contributed by atoms with van der Waals surface area (Å²) in [7, 11) is 0. The molecule has 0 unspecified atom stereocenters. The molecule has 0 aliphatic carbocycles. The van der Waals surface area contributed by atoms with Gasteiger partial charge in [0.2, 0.25) is 0 Å². The van der Waals surface area contributed by atoms with Crippen LogP contribution in [0.15, 0.2) is 59.5 Å². The number of urea groups is 1. The summed E-state index contributed by atoms with van der Waals surface area (Å²) < 4.78 is 1.50. The number of benzene rings is 2. The quantitative estimate of drug-likeness (QED) is 0.193. The average molecular weight is 597 g/mol. The molecule has 0 aliphatic rings. The van der Waals surface area contributed by atoms with E-state index in [2.05, 4.69) is 25.7 Å². The number of aromatic amines is 1. The topological polar surface area (TPSA) is 118 Å². The Bertz CT molecular complexity index is 1780. The van der Waals surface area contributed by atoms with Crippen molar-refractivity contribution in [2.75, 3.05) is 10.6 Å². The predicted molar refractivity (Wildman–Crippen MR) is 159 cm³/mol. The molecular weight excluding hydrogens is 573 g/mol. The van der Waals surface area contributed by atoms with Crippen LogP contribution >= 0.6 is 34.8 Å². The number of nitrogens with one attached hydrogen (secondary N) is 3. The smallest absolute Gasteiger partial charge is 0.310 e. The van der Waals surface area contributed by atoms with Crippen molar-refractivity contribution in [3.63, 3.8) is 0 Å². The first-order valence-electron chi connectivity index (χ1n) is 12.4. The zero-order chi connectivity index (χ0) is 28.6. The molecule has 12 heteroatoms. The Balaban J connectivity index is 1.47. The van der Waals surface area contributed by atoms with Crippen LogP contribution in [0.5, 0.6) is 0 Å². The van der Waals surface area contributed by atoms with Crippen molar-refractivity contribution >= 4 is 63.4 Å².